The van der Waals surface area contributed by atoms with Gasteiger partial charge in [-0.15, -0.1) is 0 Å². The van der Waals surface area contributed by atoms with Crippen LogP contribution in [0.1, 0.15) is 5.56 Å². The monoisotopic (exact) mass is 295 g/mol. The summed E-state index contributed by atoms with van der Waals surface area (Å²) >= 11 is 0. The van der Waals surface area contributed by atoms with Gasteiger partial charge in [-0.2, -0.15) is 0 Å². The highest BCUT2D eigenvalue weighted by Gasteiger charge is 2.09. The number of benzene rings is 3. The summed E-state index contributed by atoms with van der Waals surface area (Å²) in [7, 11) is 0. The van der Waals surface area contributed by atoms with Gasteiger partial charge in [-0.25, -0.2) is 4.98 Å². The molecule has 0 aliphatic carbocycles. The van der Waals surface area contributed by atoms with Crippen molar-refractivity contribution in [2.45, 2.75) is 6.92 Å². The van der Waals surface area contributed by atoms with Crippen molar-refractivity contribution in [2.24, 2.45) is 0 Å². The van der Waals surface area contributed by atoms with E-state index >= 15 is 0 Å². The molecule has 0 bridgehead atoms. The molecule has 0 atom stereocenters. The van der Waals surface area contributed by atoms with E-state index in [9.17, 15) is 0 Å². The van der Waals surface area contributed by atoms with E-state index in [4.69, 9.17) is 4.98 Å². The van der Waals surface area contributed by atoms with Gasteiger partial charge >= 0.3 is 0 Å². The first-order valence-electron chi connectivity index (χ1n) is 7.83. The zero-order valence-corrected chi connectivity index (χ0v) is 13.0. The number of hydrogen-bond acceptors (Lipinski definition) is 1. The zero-order valence-electron chi connectivity index (χ0n) is 13.0. The van der Waals surface area contributed by atoms with Gasteiger partial charge in [0.2, 0.25) is 0 Å². The summed E-state index contributed by atoms with van der Waals surface area (Å²) in [4.78, 5) is 4.97. The van der Waals surface area contributed by atoms with E-state index in [0.29, 0.717) is 0 Å². The topological polar surface area (TPSA) is 12.9 Å². The van der Waals surface area contributed by atoms with Crippen LogP contribution in [0.25, 0.3) is 33.3 Å². The number of pyridine rings is 1. The van der Waals surface area contributed by atoms with Crippen molar-refractivity contribution in [1.29, 1.82) is 0 Å². The molecular formula is C22H17N. The number of fused-ring (bicyclic) bond motifs is 1. The number of aryl methyl sites for hydroxylation is 1. The van der Waals surface area contributed by atoms with Gasteiger partial charge in [0.1, 0.15) is 0 Å². The van der Waals surface area contributed by atoms with Crippen LogP contribution >= 0.6 is 0 Å². The SMILES string of the molecule is Cc1ccc(-c2nc(-c3ccccc3)cc3ccccc23)cc1. The molecule has 0 radical (unpaired) electrons. The molecule has 110 valence electrons. The molecule has 0 saturated carbocycles. The fourth-order valence-electron chi connectivity index (χ4n) is 2.89. The second-order valence-corrected chi connectivity index (χ2v) is 5.81. The average Bonchev–Trinajstić information content (AvgIpc) is 2.62. The average molecular weight is 295 g/mol. The summed E-state index contributed by atoms with van der Waals surface area (Å²) in [6.45, 7) is 2.11. The largest absolute Gasteiger partial charge is 0.247 e. The summed E-state index contributed by atoms with van der Waals surface area (Å²) in [5, 5.41) is 2.41. The van der Waals surface area contributed by atoms with Crippen molar-refractivity contribution < 1.29 is 0 Å². The second kappa shape index (κ2) is 5.69. The van der Waals surface area contributed by atoms with Gasteiger partial charge in [0.15, 0.2) is 0 Å². The van der Waals surface area contributed by atoms with Gasteiger partial charge in [0, 0.05) is 16.5 Å². The molecule has 3 aromatic carbocycles. The van der Waals surface area contributed by atoms with Gasteiger partial charge in [-0.1, -0.05) is 84.4 Å². The highest BCUT2D eigenvalue weighted by molar-refractivity contribution is 5.96. The summed E-state index contributed by atoms with van der Waals surface area (Å²) in [5.74, 6) is 0. The normalized spacial score (nSPS) is 10.8. The summed E-state index contributed by atoms with van der Waals surface area (Å²) in [5.41, 5.74) is 5.62. The maximum atomic E-state index is 4.97. The molecule has 1 heteroatoms. The molecule has 0 unspecified atom stereocenters. The van der Waals surface area contributed by atoms with E-state index in [-0.39, 0.29) is 0 Å². The predicted molar refractivity (Wildman–Crippen MR) is 97.4 cm³/mol. The zero-order chi connectivity index (χ0) is 15.6. The molecule has 1 aromatic heterocycles. The van der Waals surface area contributed by atoms with Gasteiger partial charge in [0.25, 0.3) is 0 Å². The molecule has 4 rings (SSSR count). The first-order chi connectivity index (χ1) is 11.3. The molecule has 0 aliphatic rings. The Morgan fingerprint density at radius 2 is 1.35 bits per heavy atom. The lowest BCUT2D eigenvalue weighted by Gasteiger charge is -2.10. The molecule has 0 amide bonds. The Balaban J connectivity index is 2.00. The molecule has 1 nitrogen and oxygen atoms in total. The van der Waals surface area contributed by atoms with E-state index in [2.05, 4.69) is 85.8 Å². The molecule has 0 N–H and O–H groups in total. The fraction of sp³-hybridized carbons (Fsp3) is 0.0455. The summed E-state index contributed by atoms with van der Waals surface area (Å²) in [6.07, 6.45) is 0. The van der Waals surface area contributed by atoms with Gasteiger partial charge in [-0.05, 0) is 18.4 Å². The minimum Gasteiger partial charge on any atom is -0.247 e. The third kappa shape index (κ3) is 2.62. The number of aromatic nitrogens is 1. The quantitative estimate of drug-likeness (QED) is 0.450. The molecule has 4 aromatic rings. The maximum absolute atomic E-state index is 4.97. The Hall–Kier alpha value is -2.93. The van der Waals surface area contributed by atoms with Crippen LogP contribution < -0.4 is 0 Å². The van der Waals surface area contributed by atoms with Crippen LogP contribution in [-0.4, -0.2) is 4.98 Å². The molecule has 0 saturated heterocycles. The smallest absolute Gasteiger partial charge is 0.0787 e. The fourth-order valence-corrected chi connectivity index (χ4v) is 2.89. The van der Waals surface area contributed by atoms with Crippen molar-refractivity contribution in [3.63, 3.8) is 0 Å². The minimum absolute atomic E-state index is 1.01. The number of rotatable bonds is 2. The van der Waals surface area contributed by atoms with Gasteiger partial charge in [-0.3, -0.25) is 0 Å². The number of hydrogen-bond donors (Lipinski definition) is 0. The molecule has 0 spiro atoms. The van der Waals surface area contributed by atoms with Crippen LogP contribution in [-0.2, 0) is 0 Å². The van der Waals surface area contributed by atoms with Crippen LogP contribution in [0.4, 0.5) is 0 Å². The summed E-state index contributed by atoms with van der Waals surface area (Å²) < 4.78 is 0. The van der Waals surface area contributed by atoms with E-state index in [1.807, 2.05) is 6.07 Å². The third-order valence-electron chi connectivity index (χ3n) is 4.13. The molecule has 23 heavy (non-hydrogen) atoms. The van der Waals surface area contributed by atoms with Crippen LogP contribution in [0, 0.1) is 6.92 Å². The van der Waals surface area contributed by atoms with E-state index in [1.165, 1.54) is 16.3 Å². The Bertz CT molecular complexity index is 954. The predicted octanol–water partition coefficient (Wildman–Crippen LogP) is 5.88. The van der Waals surface area contributed by atoms with Crippen LogP contribution in [0.15, 0.2) is 84.9 Å². The maximum Gasteiger partial charge on any atom is 0.0787 e. The van der Waals surface area contributed by atoms with E-state index in [1.54, 1.807) is 0 Å². The molecule has 0 aliphatic heterocycles. The van der Waals surface area contributed by atoms with Crippen molar-refractivity contribution in [1.82, 2.24) is 4.98 Å². The van der Waals surface area contributed by atoms with Crippen molar-refractivity contribution in [2.75, 3.05) is 0 Å². The van der Waals surface area contributed by atoms with Crippen LogP contribution in [0.2, 0.25) is 0 Å². The highest BCUT2D eigenvalue weighted by atomic mass is 14.7. The molecule has 0 fully saturated rings. The Kier molecular flexibility index (Phi) is 3.39. The van der Waals surface area contributed by atoms with Crippen molar-refractivity contribution in [3.8, 4) is 22.5 Å². The van der Waals surface area contributed by atoms with Gasteiger partial charge in [0.05, 0.1) is 11.4 Å². The van der Waals surface area contributed by atoms with Crippen molar-refractivity contribution in [3.05, 3.63) is 90.5 Å². The molecule has 1 heterocycles. The highest BCUT2D eigenvalue weighted by Crippen LogP contribution is 2.31. The lowest BCUT2D eigenvalue weighted by Crippen LogP contribution is -1.91. The number of nitrogens with zero attached hydrogens (tertiary/aromatic N) is 1. The van der Waals surface area contributed by atoms with E-state index in [0.717, 1.165) is 22.5 Å². The third-order valence-corrected chi connectivity index (χ3v) is 4.13. The minimum atomic E-state index is 1.01. The van der Waals surface area contributed by atoms with Crippen LogP contribution in [0.3, 0.4) is 0 Å². The first-order valence-corrected chi connectivity index (χ1v) is 7.83. The van der Waals surface area contributed by atoms with Crippen molar-refractivity contribution >= 4 is 10.8 Å². The van der Waals surface area contributed by atoms with E-state index < -0.39 is 0 Å². The summed E-state index contributed by atoms with van der Waals surface area (Å²) in [6, 6.07) is 29.6. The van der Waals surface area contributed by atoms with Gasteiger partial charge < -0.3 is 0 Å². The standard InChI is InChI=1S/C22H17N/c1-16-11-13-18(14-12-16)22-20-10-6-5-9-19(20)15-21(23-22)17-7-3-2-4-8-17/h2-15H,1H3. The second-order valence-electron chi connectivity index (χ2n) is 5.81. The van der Waals surface area contributed by atoms with Crippen LogP contribution in [0.5, 0.6) is 0 Å². The first kappa shape index (κ1) is 13.7. The Morgan fingerprint density at radius 1 is 0.652 bits per heavy atom. The Labute approximate surface area is 136 Å². The lowest BCUT2D eigenvalue weighted by atomic mass is 10.0. The lowest BCUT2D eigenvalue weighted by molar-refractivity contribution is 1.34. The molecular weight excluding hydrogens is 278 g/mol. The Morgan fingerprint density at radius 3 is 2.13 bits per heavy atom.